The van der Waals surface area contributed by atoms with Crippen molar-refractivity contribution in [3.63, 3.8) is 0 Å². The van der Waals surface area contributed by atoms with Gasteiger partial charge in [-0.2, -0.15) is 5.10 Å². The number of anilines is 1. The van der Waals surface area contributed by atoms with Gasteiger partial charge in [0.15, 0.2) is 0 Å². The van der Waals surface area contributed by atoms with Gasteiger partial charge in [0.2, 0.25) is 0 Å². The lowest BCUT2D eigenvalue weighted by Gasteiger charge is -2.18. The second-order valence-corrected chi connectivity index (χ2v) is 3.94. The van der Waals surface area contributed by atoms with Gasteiger partial charge in [0.25, 0.3) is 0 Å². The maximum atomic E-state index is 4.18. The van der Waals surface area contributed by atoms with Gasteiger partial charge in [0.1, 0.15) is 0 Å². The molecule has 1 aromatic heterocycles. The monoisotopic (exact) mass is 181 g/mol. The smallest absolute Gasteiger partial charge is 0.0758 e. The molecule has 0 fully saturated rings. The van der Waals surface area contributed by atoms with Crippen LogP contribution < -0.4 is 5.32 Å². The van der Waals surface area contributed by atoms with Crippen LogP contribution in [-0.2, 0) is 7.05 Å². The molecular weight excluding hydrogens is 162 g/mol. The first-order valence-electron chi connectivity index (χ1n) is 4.77. The largest absolute Gasteiger partial charge is 0.380 e. The van der Waals surface area contributed by atoms with Gasteiger partial charge >= 0.3 is 0 Å². The van der Waals surface area contributed by atoms with Crippen molar-refractivity contribution in [2.24, 2.45) is 13.0 Å². The highest BCUT2D eigenvalue weighted by molar-refractivity contribution is 5.46. The molecule has 3 heteroatoms. The van der Waals surface area contributed by atoms with E-state index in [1.165, 1.54) is 5.69 Å². The summed E-state index contributed by atoms with van der Waals surface area (Å²) in [5.41, 5.74) is 2.33. The molecule has 74 valence electrons. The molecule has 0 aromatic carbocycles. The summed E-state index contributed by atoms with van der Waals surface area (Å²) >= 11 is 0. The first kappa shape index (κ1) is 10.1. The van der Waals surface area contributed by atoms with Crippen LogP contribution in [0.5, 0.6) is 0 Å². The molecule has 0 amide bonds. The van der Waals surface area contributed by atoms with E-state index >= 15 is 0 Å². The fourth-order valence-corrected chi connectivity index (χ4v) is 1.05. The standard InChI is InChI=1S/C10H19N3/c1-7(2)8(3)12-10-6-11-13(5)9(10)4/h6-8,12H,1-5H3. The summed E-state index contributed by atoms with van der Waals surface area (Å²) in [6.45, 7) is 8.69. The molecule has 0 spiro atoms. The number of hydrogen-bond acceptors (Lipinski definition) is 2. The zero-order chi connectivity index (χ0) is 10.0. The molecule has 0 aliphatic heterocycles. The van der Waals surface area contributed by atoms with Crippen LogP contribution in [0.3, 0.4) is 0 Å². The molecule has 13 heavy (non-hydrogen) atoms. The Bertz CT molecular complexity index is 276. The highest BCUT2D eigenvalue weighted by Crippen LogP contribution is 2.15. The van der Waals surface area contributed by atoms with Crippen LogP contribution in [0.15, 0.2) is 6.20 Å². The summed E-state index contributed by atoms with van der Waals surface area (Å²) in [5.74, 6) is 0.639. The fourth-order valence-electron chi connectivity index (χ4n) is 1.05. The lowest BCUT2D eigenvalue weighted by Crippen LogP contribution is -2.21. The van der Waals surface area contributed by atoms with E-state index in [2.05, 4.69) is 38.1 Å². The number of nitrogens with one attached hydrogen (secondary N) is 1. The highest BCUT2D eigenvalue weighted by Gasteiger charge is 2.09. The van der Waals surface area contributed by atoms with E-state index < -0.39 is 0 Å². The van der Waals surface area contributed by atoms with Crippen molar-refractivity contribution in [2.75, 3.05) is 5.32 Å². The minimum atomic E-state index is 0.489. The first-order valence-corrected chi connectivity index (χ1v) is 4.77. The normalized spacial score (nSPS) is 13.4. The number of rotatable bonds is 3. The molecule has 1 atom stereocenters. The summed E-state index contributed by atoms with van der Waals surface area (Å²) < 4.78 is 1.88. The topological polar surface area (TPSA) is 29.9 Å². The predicted octanol–water partition coefficient (Wildman–Crippen LogP) is 2.18. The Balaban J connectivity index is 2.69. The van der Waals surface area contributed by atoms with E-state index in [1.54, 1.807) is 0 Å². The summed E-state index contributed by atoms with van der Waals surface area (Å²) in [5, 5.41) is 7.63. The first-order chi connectivity index (χ1) is 6.02. The molecule has 1 heterocycles. The van der Waals surface area contributed by atoms with Crippen LogP contribution in [0.1, 0.15) is 26.5 Å². The Labute approximate surface area is 80.1 Å². The number of aryl methyl sites for hydroxylation is 1. The maximum absolute atomic E-state index is 4.18. The average molecular weight is 181 g/mol. The van der Waals surface area contributed by atoms with E-state index in [-0.39, 0.29) is 0 Å². The van der Waals surface area contributed by atoms with Crippen molar-refractivity contribution >= 4 is 5.69 Å². The van der Waals surface area contributed by atoms with E-state index in [0.29, 0.717) is 12.0 Å². The summed E-state index contributed by atoms with van der Waals surface area (Å²) in [7, 11) is 1.96. The molecule has 0 aliphatic rings. The SMILES string of the molecule is Cc1c(NC(C)C(C)C)cnn1C. The van der Waals surface area contributed by atoms with E-state index in [9.17, 15) is 0 Å². The van der Waals surface area contributed by atoms with Gasteiger partial charge in [-0.15, -0.1) is 0 Å². The minimum Gasteiger partial charge on any atom is -0.380 e. The Morgan fingerprint density at radius 2 is 2.00 bits per heavy atom. The molecule has 1 rings (SSSR count). The van der Waals surface area contributed by atoms with E-state index in [0.717, 1.165) is 5.69 Å². The summed E-state index contributed by atoms with van der Waals surface area (Å²) in [6.07, 6.45) is 1.88. The molecule has 0 saturated heterocycles. The van der Waals surface area contributed by atoms with Crippen molar-refractivity contribution < 1.29 is 0 Å². The van der Waals surface area contributed by atoms with Gasteiger partial charge < -0.3 is 5.32 Å². The molecule has 0 saturated carbocycles. The third-order valence-corrected chi connectivity index (χ3v) is 2.62. The third-order valence-electron chi connectivity index (χ3n) is 2.62. The quantitative estimate of drug-likeness (QED) is 0.774. The Kier molecular flexibility index (Phi) is 2.96. The Hall–Kier alpha value is -0.990. The zero-order valence-corrected chi connectivity index (χ0v) is 9.13. The molecule has 1 aromatic rings. The van der Waals surface area contributed by atoms with Gasteiger partial charge in [-0.3, -0.25) is 4.68 Å². The zero-order valence-electron chi connectivity index (χ0n) is 9.13. The molecule has 1 N–H and O–H groups in total. The van der Waals surface area contributed by atoms with Crippen LogP contribution in [0.2, 0.25) is 0 Å². The second kappa shape index (κ2) is 3.81. The molecule has 0 bridgehead atoms. The second-order valence-electron chi connectivity index (χ2n) is 3.94. The minimum absolute atomic E-state index is 0.489. The van der Waals surface area contributed by atoms with Gasteiger partial charge in [-0.25, -0.2) is 0 Å². The lowest BCUT2D eigenvalue weighted by molar-refractivity contribution is 0.559. The number of nitrogens with zero attached hydrogens (tertiary/aromatic N) is 2. The van der Waals surface area contributed by atoms with Crippen LogP contribution in [-0.4, -0.2) is 15.8 Å². The Morgan fingerprint density at radius 3 is 2.38 bits per heavy atom. The van der Waals surface area contributed by atoms with E-state index in [1.807, 2.05) is 17.9 Å². The average Bonchev–Trinajstić information content (AvgIpc) is 2.36. The number of hydrogen-bond donors (Lipinski definition) is 1. The molecule has 0 radical (unpaired) electrons. The molecule has 3 nitrogen and oxygen atoms in total. The van der Waals surface area contributed by atoms with Gasteiger partial charge in [0, 0.05) is 13.1 Å². The van der Waals surface area contributed by atoms with Crippen LogP contribution in [0.25, 0.3) is 0 Å². The van der Waals surface area contributed by atoms with Gasteiger partial charge in [0.05, 0.1) is 17.6 Å². The van der Waals surface area contributed by atoms with Crippen molar-refractivity contribution in [2.45, 2.75) is 33.7 Å². The number of aromatic nitrogens is 2. The van der Waals surface area contributed by atoms with Gasteiger partial charge in [-0.05, 0) is 19.8 Å². The van der Waals surface area contributed by atoms with Crippen molar-refractivity contribution in [1.29, 1.82) is 0 Å². The van der Waals surface area contributed by atoms with Crippen molar-refractivity contribution in [3.05, 3.63) is 11.9 Å². The van der Waals surface area contributed by atoms with Crippen LogP contribution >= 0.6 is 0 Å². The van der Waals surface area contributed by atoms with E-state index in [4.69, 9.17) is 0 Å². The van der Waals surface area contributed by atoms with Crippen LogP contribution in [0.4, 0.5) is 5.69 Å². The third kappa shape index (κ3) is 2.23. The summed E-state index contributed by atoms with van der Waals surface area (Å²) in [6, 6.07) is 0.489. The fraction of sp³-hybridized carbons (Fsp3) is 0.700. The van der Waals surface area contributed by atoms with Crippen LogP contribution in [0, 0.1) is 12.8 Å². The Morgan fingerprint density at radius 1 is 1.38 bits per heavy atom. The molecule has 0 aliphatic carbocycles. The molecular formula is C10H19N3. The maximum Gasteiger partial charge on any atom is 0.0758 e. The van der Waals surface area contributed by atoms with Crippen molar-refractivity contribution in [1.82, 2.24) is 9.78 Å². The summed E-state index contributed by atoms with van der Waals surface area (Å²) in [4.78, 5) is 0. The molecule has 1 unspecified atom stereocenters. The van der Waals surface area contributed by atoms with Crippen molar-refractivity contribution in [3.8, 4) is 0 Å². The highest BCUT2D eigenvalue weighted by atomic mass is 15.3. The van der Waals surface area contributed by atoms with Gasteiger partial charge in [-0.1, -0.05) is 13.8 Å². The lowest BCUT2D eigenvalue weighted by atomic mass is 10.1. The predicted molar refractivity (Wildman–Crippen MR) is 55.9 cm³/mol.